The molecule has 0 aliphatic rings. The SMILES string of the molecule is O=C(O)CN(CCCS(=O)(=O)O)c1ccncc1. The third kappa shape index (κ3) is 5.60. The minimum atomic E-state index is -4.02. The minimum Gasteiger partial charge on any atom is -0.480 e. The van der Waals surface area contributed by atoms with Crippen molar-refractivity contribution >= 4 is 21.8 Å². The molecule has 2 N–H and O–H groups in total. The molecule has 0 saturated carbocycles. The first-order chi connectivity index (χ1) is 8.38. The number of rotatable bonds is 7. The quantitative estimate of drug-likeness (QED) is 0.686. The van der Waals surface area contributed by atoms with Crippen molar-refractivity contribution in [2.75, 3.05) is 23.7 Å². The number of carbonyl (C=O) groups is 1. The van der Waals surface area contributed by atoms with Gasteiger partial charge in [-0.2, -0.15) is 8.42 Å². The van der Waals surface area contributed by atoms with Crippen molar-refractivity contribution in [3.8, 4) is 0 Å². The second kappa shape index (κ2) is 6.31. The number of aliphatic carboxylic acids is 1. The van der Waals surface area contributed by atoms with Crippen LogP contribution in [0.4, 0.5) is 5.69 Å². The molecule has 100 valence electrons. The van der Waals surface area contributed by atoms with E-state index in [4.69, 9.17) is 9.66 Å². The maximum atomic E-state index is 10.7. The first-order valence-electron chi connectivity index (χ1n) is 5.20. The Kier molecular flexibility index (Phi) is 5.05. The van der Waals surface area contributed by atoms with Crippen LogP contribution in [0.3, 0.4) is 0 Å². The number of aromatic nitrogens is 1. The molecule has 0 fully saturated rings. The lowest BCUT2D eigenvalue weighted by molar-refractivity contribution is -0.135. The highest BCUT2D eigenvalue weighted by Crippen LogP contribution is 2.12. The Labute approximate surface area is 105 Å². The topological polar surface area (TPSA) is 108 Å². The number of pyridine rings is 1. The fourth-order valence-corrected chi connectivity index (χ4v) is 1.95. The highest BCUT2D eigenvalue weighted by atomic mass is 32.2. The first-order valence-corrected chi connectivity index (χ1v) is 6.81. The molecule has 0 saturated heterocycles. The van der Waals surface area contributed by atoms with E-state index >= 15 is 0 Å². The Hall–Kier alpha value is -1.67. The van der Waals surface area contributed by atoms with Gasteiger partial charge in [-0.3, -0.25) is 14.3 Å². The number of hydrogen-bond acceptors (Lipinski definition) is 5. The van der Waals surface area contributed by atoms with Crippen LogP contribution in [0.2, 0.25) is 0 Å². The van der Waals surface area contributed by atoms with Gasteiger partial charge in [0.25, 0.3) is 10.1 Å². The molecule has 0 unspecified atom stereocenters. The van der Waals surface area contributed by atoms with Gasteiger partial charge in [-0.15, -0.1) is 0 Å². The van der Waals surface area contributed by atoms with Gasteiger partial charge in [0.05, 0.1) is 5.75 Å². The molecule has 0 amide bonds. The van der Waals surface area contributed by atoms with E-state index in [0.29, 0.717) is 5.69 Å². The smallest absolute Gasteiger partial charge is 0.323 e. The molecule has 0 atom stereocenters. The third-order valence-corrected chi connectivity index (χ3v) is 2.99. The van der Waals surface area contributed by atoms with E-state index in [1.165, 1.54) is 17.3 Å². The fraction of sp³-hybridized carbons (Fsp3) is 0.400. The van der Waals surface area contributed by atoms with Gasteiger partial charge in [-0.25, -0.2) is 0 Å². The van der Waals surface area contributed by atoms with Crippen molar-refractivity contribution in [1.29, 1.82) is 0 Å². The van der Waals surface area contributed by atoms with Gasteiger partial charge in [0.1, 0.15) is 6.54 Å². The lowest BCUT2D eigenvalue weighted by atomic mass is 10.3. The monoisotopic (exact) mass is 274 g/mol. The Morgan fingerprint density at radius 1 is 1.33 bits per heavy atom. The van der Waals surface area contributed by atoms with E-state index in [1.54, 1.807) is 12.1 Å². The van der Waals surface area contributed by atoms with Gasteiger partial charge in [0.15, 0.2) is 0 Å². The molecule has 1 aromatic heterocycles. The highest BCUT2D eigenvalue weighted by molar-refractivity contribution is 7.85. The molecule has 18 heavy (non-hydrogen) atoms. The number of carboxylic acid groups (broad SMARTS) is 1. The number of carboxylic acids is 1. The van der Waals surface area contributed by atoms with E-state index < -0.39 is 21.8 Å². The zero-order chi connectivity index (χ0) is 13.6. The maximum Gasteiger partial charge on any atom is 0.323 e. The van der Waals surface area contributed by atoms with Crippen molar-refractivity contribution in [2.24, 2.45) is 0 Å². The van der Waals surface area contributed by atoms with Gasteiger partial charge in [0, 0.05) is 24.6 Å². The van der Waals surface area contributed by atoms with Crippen LogP contribution in [0, 0.1) is 0 Å². The Morgan fingerprint density at radius 3 is 2.44 bits per heavy atom. The van der Waals surface area contributed by atoms with E-state index in [-0.39, 0.29) is 19.5 Å². The zero-order valence-corrected chi connectivity index (χ0v) is 10.4. The Balaban J connectivity index is 2.65. The third-order valence-electron chi connectivity index (χ3n) is 2.18. The van der Waals surface area contributed by atoms with Crippen LogP contribution < -0.4 is 4.90 Å². The predicted molar refractivity (Wildman–Crippen MR) is 65.1 cm³/mol. The van der Waals surface area contributed by atoms with Crippen LogP contribution in [0.15, 0.2) is 24.5 Å². The number of nitrogens with zero attached hydrogens (tertiary/aromatic N) is 2. The standard InChI is InChI=1S/C10H14N2O5S/c13-10(14)8-12(6-1-7-18(15,16)17)9-2-4-11-5-3-9/h2-5H,1,6-8H2,(H,13,14)(H,15,16,17). The summed E-state index contributed by atoms with van der Waals surface area (Å²) < 4.78 is 29.8. The van der Waals surface area contributed by atoms with Gasteiger partial charge in [-0.05, 0) is 18.6 Å². The maximum absolute atomic E-state index is 10.7. The van der Waals surface area contributed by atoms with Crippen LogP contribution >= 0.6 is 0 Å². The Bertz CT molecular complexity index is 488. The van der Waals surface area contributed by atoms with Crippen LogP contribution in [-0.2, 0) is 14.9 Å². The second-order valence-corrected chi connectivity index (χ2v) is 5.23. The summed E-state index contributed by atoms with van der Waals surface area (Å²) in [5.41, 5.74) is 0.641. The van der Waals surface area contributed by atoms with Crippen LogP contribution in [0.25, 0.3) is 0 Å². The van der Waals surface area contributed by atoms with E-state index in [1.807, 2.05) is 0 Å². The van der Waals surface area contributed by atoms with Crippen LogP contribution in [0.5, 0.6) is 0 Å². The van der Waals surface area contributed by atoms with Crippen LogP contribution in [-0.4, -0.2) is 47.9 Å². The van der Waals surface area contributed by atoms with E-state index in [2.05, 4.69) is 4.98 Å². The highest BCUT2D eigenvalue weighted by Gasteiger charge is 2.12. The molecule has 1 aromatic rings. The summed E-state index contributed by atoms with van der Waals surface area (Å²) in [4.78, 5) is 16.0. The molecule has 1 rings (SSSR count). The second-order valence-electron chi connectivity index (χ2n) is 3.66. The summed E-state index contributed by atoms with van der Waals surface area (Å²) in [6.45, 7) is -0.0222. The molecule has 0 bridgehead atoms. The van der Waals surface area contributed by atoms with Crippen molar-refractivity contribution in [1.82, 2.24) is 4.98 Å². The average Bonchev–Trinajstić information content (AvgIpc) is 2.27. The summed E-state index contributed by atoms with van der Waals surface area (Å²) in [5.74, 6) is -1.41. The van der Waals surface area contributed by atoms with E-state index in [0.717, 1.165) is 0 Å². The predicted octanol–water partition coefficient (Wildman–Crippen LogP) is 0.250. The molecule has 0 spiro atoms. The zero-order valence-electron chi connectivity index (χ0n) is 9.56. The molecule has 8 heteroatoms. The van der Waals surface area contributed by atoms with Gasteiger partial charge >= 0.3 is 5.97 Å². The molecular formula is C10H14N2O5S. The molecular weight excluding hydrogens is 260 g/mol. The molecule has 0 radical (unpaired) electrons. The molecule has 0 aliphatic heterocycles. The Morgan fingerprint density at radius 2 is 1.94 bits per heavy atom. The van der Waals surface area contributed by atoms with Gasteiger partial charge in [0.2, 0.25) is 0 Å². The summed E-state index contributed by atoms with van der Waals surface area (Å²) in [7, 11) is -4.02. The number of hydrogen-bond donors (Lipinski definition) is 2. The van der Waals surface area contributed by atoms with Crippen molar-refractivity contribution < 1.29 is 22.9 Å². The molecule has 1 heterocycles. The number of anilines is 1. The normalized spacial score (nSPS) is 11.2. The van der Waals surface area contributed by atoms with Crippen molar-refractivity contribution in [2.45, 2.75) is 6.42 Å². The fourth-order valence-electron chi connectivity index (χ4n) is 1.46. The molecule has 0 aromatic carbocycles. The summed E-state index contributed by atoms with van der Waals surface area (Å²) >= 11 is 0. The minimum absolute atomic E-state index is 0.147. The lowest BCUT2D eigenvalue weighted by Gasteiger charge is -2.22. The summed E-state index contributed by atoms with van der Waals surface area (Å²) in [5, 5.41) is 8.78. The largest absolute Gasteiger partial charge is 0.480 e. The van der Waals surface area contributed by atoms with Gasteiger partial charge in [-0.1, -0.05) is 0 Å². The van der Waals surface area contributed by atoms with Crippen molar-refractivity contribution in [3.63, 3.8) is 0 Å². The average molecular weight is 274 g/mol. The van der Waals surface area contributed by atoms with Crippen LogP contribution in [0.1, 0.15) is 6.42 Å². The van der Waals surface area contributed by atoms with Gasteiger partial charge < -0.3 is 10.0 Å². The molecule has 7 nitrogen and oxygen atoms in total. The van der Waals surface area contributed by atoms with E-state index in [9.17, 15) is 13.2 Å². The first kappa shape index (κ1) is 14.4. The summed E-state index contributed by atoms with van der Waals surface area (Å²) in [6, 6.07) is 3.27. The summed E-state index contributed by atoms with van der Waals surface area (Å²) in [6.07, 6.45) is 3.19. The lowest BCUT2D eigenvalue weighted by Crippen LogP contribution is -2.31. The van der Waals surface area contributed by atoms with Crippen molar-refractivity contribution in [3.05, 3.63) is 24.5 Å². The molecule has 0 aliphatic carbocycles.